The van der Waals surface area contributed by atoms with Gasteiger partial charge in [-0.3, -0.25) is 0 Å². The van der Waals surface area contributed by atoms with E-state index >= 15 is 0 Å². The van der Waals surface area contributed by atoms with Gasteiger partial charge < -0.3 is 33.9 Å². The van der Waals surface area contributed by atoms with Crippen LogP contribution in [0.1, 0.15) is 103 Å². The SMILES string of the molecule is CCCN(CCC)c1ccc2c(c1)Oc1cc3c(cc1C2(OCO)c1ccccc1C)C1(OC(=O)c2ccccc21)c1ccc(N(CCC)CCC)cc1O3. The summed E-state index contributed by atoms with van der Waals surface area (Å²) in [4.78, 5) is 18.6. The molecule has 0 amide bonds. The summed E-state index contributed by atoms with van der Waals surface area (Å²) in [6.07, 6.45) is 4.04. The molecular weight excluding hydrogens is 689 g/mol. The third-order valence-corrected chi connectivity index (χ3v) is 11.3. The Balaban J connectivity index is 1.40. The Bertz CT molecular complexity index is 2240. The van der Waals surface area contributed by atoms with E-state index in [9.17, 15) is 9.90 Å². The highest BCUT2D eigenvalue weighted by atomic mass is 16.6. The molecule has 2 atom stereocenters. The molecule has 5 aromatic rings. The van der Waals surface area contributed by atoms with Gasteiger partial charge in [0.05, 0.1) is 5.56 Å². The van der Waals surface area contributed by atoms with Crippen LogP contribution in [0.2, 0.25) is 0 Å². The summed E-state index contributed by atoms with van der Waals surface area (Å²) in [5.41, 5.74) is 5.46. The van der Waals surface area contributed by atoms with Gasteiger partial charge in [-0.15, -0.1) is 0 Å². The number of rotatable bonds is 13. The predicted octanol–water partition coefficient (Wildman–Crippen LogP) is 10.2. The Morgan fingerprint density at radius 1 is 0.582 bits per heavy atom. The molecule has 1 spiro atoms. The Kier molecular flexibility index (Phi) is 9.82. The lowest BCUT2D eigenvalue weighted by molar-refractivity contribution is -0.0820. The lowest BCUT2D eigenvalue weighted by Gasteiger charge is -2.43. The molecule has 0 saturated heterocycles. The molecule has 284 valence electrons. The molecule has 8 heteroatoms. The Morgan fingerprint density at radius 3 is 1.71 bits per heavy atom. The van der Waals surface area contributed by atoms with Crippen molar-refractivity contribution < 1.29 is 28.8 Å². The average Bonchev–Trinajstić information content (AvgIpc) is 3.49. The van der Waals surface area contributed by atoms with Crippen LogP contribution in [0.4, 0.5) is 11.4 Å². The highest BCUT2D eigenvalue weighted by Crippen LogP contribution is 2.61. The van der Waals surface area contributed by atoms with Gasteiger partial charge >= 0.3 is 5.97 Å². The summed E-state index contributed by atoms with van der Waals surface area (Å²) in [6.45, 7) is 13.9. The molecule has 3 aliphatic rings. The lowest BCUT2D eigenvalue weighted by atomic mass is 9.72. The molecule has 0 saturated carbocycles. The molecule has 55 heavy (non-hydrogen) atoms. The van der Waals surface area contributed by atoms with Crippen molar-refractivity contribution in [3.05, 3.63) is 142 Å². The van der Waals surface area contributed by atoms with Crippen molar-refractivity contribution in [2.75, 3.05) is 42.8 Å². The highest BCUT2D eigenvalue weighted by molar-refractivity contribution is 5.97. The first kappa shape index (κ1) is 36.7. The van der Waals surface area contributed by atoms with Crippen LogP contribution in [-0.4, -0.2) is 44.0 Å². The highest BCUT2D eigenvalue weighted by Gasteiger charge is 2.56. The number of benzene rings is 5. The molecule has 8 rings (SSSR count). The van der Waals surface area contributed by atoms with E-state index in [0.717, 1.165) is 91.1 Å². The van der Waals surface area contributed by atoms with E-state index in [1.54, 1.807) is 0 Å². The van der Waals surface area contributed by atoms with E-state index in [1.165, 1.54) is 0 Å². The number of esters is 1. The maximum Gasteiger partial charge on any atom is 0.340 e. The Labute approximate surface area is 324 Å². The van der Waals surface area contributed by atoms with Crippen molar-refractivity contribution in [2.24, 2.45) is 0 Å². The molecule has 0 aromatic heterocycles. The molecule has 2 unspecified atom stereocenters. The van der Waals surface area contributed by atoms with Gasteiger partial charge in [0.1, 0.15) is 29.8 Å². The minimum Gasteiger partial charge on any atom is -0.456 e. The fourth-order valence-electron chi connectivity index (χ4n) is 9.00. The van der Waals surface area contributed by atoms with Crippen LogP contribution < -0.4 is 19.3 Å². The monoisotopic (exact) mass is 738 g/mol. The van der Waals surface area contributed by atoms with Gasteiger partial charge in [0.25, 0.3) is 0 Å². The van der Waals surface area contributed by atoms with E-state index in [4.69, 9.17) is 18.9 Å². The summed E-state index contributed by atoms with van der Waals surface area (Å²) in [5, 5.41) is 10.8. The normalized spacial score (nSPS) is 18.6. The summed E-state index contributed by atoms with van der Waals surface area (Å²) < 4.78 is 27.2. The van der Waals surface area contributed by atoms with Crippen molar-refractivity contribution in [3.63, 3.8) is 0 Å². The largest absolute Gasteiger partial charge is 0.456 e. The standard InChI is InChI=1S/C47H50N2O6/c1-6-22-48(23-7-2)32-18-20-37-41(26-32)53-43-29-44-40(28-39(43)46(37,52-30-50)35-16-12-10-14-31(35)5)47(36-17-13-11-15-34(36)45(51)55-47)38-21-19-33(27-42(38)54-44)49(24-8-3)25-9-4/h10-21,26-29,50H,6-9,22-25,30H2,1-5H3. The number of aryl methyl sites for hydroxylation is 1. The number of fused-ring (bicyclic) bond motifs is 8. The average molecular weight is 739 g/mol. The van der Waals surface area contributed by atoms with Gasteiger partial charge in [-0.2, -0.15) is 0 Å². The first-order chi connectivity index (χ1) is 26.8. The van der Waals surface area contributed by atoms with Crippen molar-refractivity contribution in [3.8, 4) is 23.0 Å². The van der Waals surface area contributed by atoms with Gasteiger partial charge in [0.15, 0.2) is 11.2 Å². The fraction of sp³-hybridized carbons (Fsp3) is 0.340. The maximum atomic E-state index is 13.9. The second kappa shape index (κ2) is 14.7. The van der Waals surface area contributed by atoms with Crippen LogP contribution in [0.15, 0.2) is 97.1 Å². The first-order valence-electron chi connectivity index (χ1n) is 19.8. The maximum absolute atomic E-state index is 13.9. The number of nitrogens with zero attached hydrogens (tertiary/aromatic N) is 2. The molecule has 8 nitrogen and oxygen atoms in total. The third-order valence-electron chi connectivity index (χ3n) is 11.3. The number of anilines is 2. The summed E-state index contributed by atoms with van der Waals surface area (Å²) in [7, 11) is 0. The first-order valence-corrected chi connectivity index (χ1v) is 19.8. The second-order valence-corrected chi connectivity index (χ2v) is 14.8. The summed E-state index contributed by atoms with van der Waals surface area (Å²) in [5.74, 6) is 1.91. The molecule has 5 aromatic carbocycles. The molecule has 0 aliphatic carbocycles. The number of hydrogen-bond donors (Lipinski definition) is 1. The van der Waals surface area contributed by atoms with Crippen LogP contribution in [0.5, 0.6) is 23.0 Å². The van der Waals surface area contributed by atoms with Crippen molar-refractivity contribution >= 4 is 17.3 Å². The van der Waals surface area contributed by atoms with E-state index in [1.807, 2.05) is 60.7 Å². The Hall–Kier alpha value is -5.31. The predicted molar refractivity (Wildman–Crippen MR) is 216 cm³/mol. The van der Waals surface area contributed by atoms with Crippen LogP contribution in [-0.2, 0) is 20.7 Å². The number of hydrogen-bond acceptors (Lipinski definition) is 8. The van der Waals surface area contributed by atoms with E-state index in [2.05, 4.69) is 80.8 Å². The summed E-state index contributed by atoms with van der Waals surface area (Å²) >= 11 is 0. The van der Waals surface area contributed by atoms with Gasteiger partial charge in [-0.05, 0) is 80.1 Å². The van der Waals surface area contributed by atoms with Gasteiger partial charge in [0.2, 0.25) is 0 Å². The third kappa shape index (κ3) is 5.76. The number of carbonyl (C=O) groups is 1. The minimum atomic E-state index is -1.31. The zero-order valence-corrected chi connectivity index (χ0v) is 32.5. The lowest BCUT2D eigenvalue weighted by Crippen LogP contribution is -2.39. The molecule has 0 fully saturated rings. The fourth-order valence-corrected chi connectivity index (χ4v) is 9.00. The number of ether oxygens (including phenoxy) is 4. The second-order valence-electron chi connectivity index (χ2n) is 14.8. The van der Waals surface area contributed by atoms with Gasteiger partial charge in [-0.25, -0.2) is 4.79 Å². The topological polar surface area (TPSA) is 80.7 Å². The quantitative estimate of drug-likeness (QED) is 0.0945. The van der Waals surface area contributed by atoms with Gasteiger partial charge in [0, 0.05) is 83.6 Å². The zero-order chi connectivity index (χ0) is 38.3. The molecule has 0 radical (unpaired) electrons. The van der Waals surface area contributed by atoms with Crippen LogP contribution in [0, 0.1) is 6.92 Å². The van der Waals surface area contributed by atoms with E-state index < -0.39 is 24.0 Å². The van der Waals surface area contributed by atoms with Crippen molar-refractivity contribution in [2.45, 2.75) is 71.5 Å². The molecule has 0 bridgehead atoms. The number of aliphatic hydroxyl groups excluding tert-OH is 1. The smallest absolute Gasteiger partial charge is 0.340 e. The summed E-state index contributed by atoms with van der Waals surface area (Å²) in [6, 6.07) is 32.1. The molecule has 1 N–H and O–H groups in total. The number of carbonyl (C=O) groups excluding carboxylic acids is 1. The van der Waals surface area contributed by atoms with Crippen LogP contribution >= 0.6 is 0 Å². The molecular formula is C47H50N2O6. The van der Waals surface area contributed by atoms with Crippen molar-refractivity contribution in [1.29, 1.82) is 0 Å². The van der Waals surface area contributed by atoms with Crippen LogP contribution in [0.25, 0.3) is 0 Å². The van der Waals surface area contributed by atoms with Crippen LogP contribution in [0.3, 0.4) is 0 Å². The minimum absolute atomic E-state index is 0.399. The van der Waals surface area contributed by atoms with Crippen molar-refractivity contribution in [1.82, 2.24) is 0 Å². The number of aliphatic hydroxyl groups is 1. The van der Waals surface area contributed by atoms with E-state index in [0.29, 0.717) is 39.7 Å². The molecule has 3 heterocycles. The van der Waals surface area contributed by atoms with Gasteiger partial charge in [-0.1, -0.05) is 70.2 Å². The van der Waals surface area contributed by atoms with E-state index in [-0.39, 0.29) is 0 Å². The molecule has 3 aliphatic heterocycles. The zero-order valence-electron chi connectivity index (χ0n) is 32.5. The Morgan fingerprint density at radius 2 is 1.11 bits per heavy atom.